The van der Waals surface area contributed by atoms with E-state index in [0.29, 0.717) is 6.07 Å². The second-order valence-corrected chi connectivity index (χ2v) is 3.97. The molecule has 2 nitrogen and oxygen atoms in total. The number of alkyl halides is 5. The first-order chi connectivity index (χ1) is 7.27. The maximum atomic E-state index is 12.4. The van der Waals surface area contributed by atoms with E-state index in [9.17, 15) is 22.0 Å². The molecule has 16 heavy (non-hydrogen) atoms. The zero-order chi connectivity index (χ0) is 12.5. The summed E-state index contributed by atoms with van der Waals surface area (Å²) < 4.78 is 61.9. The summed E-state index contributed by atoms with van der Waals surface area (Å²) in [4.78, 5) is 3.13. The number of aliphatic hydroxyl groups is 1. The van der Waals surface area contributed by atoms with Crippen LogP contribution in [-0.4, -0.2) is 10.1 Å². The minimum absolute atomic E-state index is 0.00294. The number of aliphatic hydroxyl groups excluding tert-OH is 1. The molecule has 0 amide bonds. The fraction of sp³-hybridized carbons (Fsp3) is 0.375. The standard InChI is InChI=1S/C8H5F5INO/c9-7(10)6-3(8(11,12)13)1-4(14)5(2-16)15-6/h1,7,16H,2H2. The molecular weight excluding hydrogens is 348 g/mol. The van der Waals surface area contributed by atoms with E-state index in [1.807, 2.05) is 0 Å². The highest BCUT2D eigenvalue weighted by Crippen LogP contribution is 2.36. The van der Waals surface area contributed by atoms with Crippen LogP contribution in [0.25, 0.3) is 0 Å². The number of hydrogen-bond acceptors (Lipinski definition) is 2. The molecule has 1 aromatic heterocycles. The molecule has 0 fully saturated rings. The molecule has 0 aliphatic carbocycles. The quantitative estimate of drug-likeness (QED) is 0.655. The van der Waals surface area contributed by atoms with E-state index in [1.165, 1.54) is 22.6 Å². The molecule has 1 aromatic rings. The molecule has 0 atom stereocenters. The highest BCUT2D eigenvalue weighted by atomic mass is 127. The molecule has 0 aliphatic rings. The number of nitrogens with zero attached hydrogens (tertiary/aromatic N) is 1. The largest absolute Gasteiger partial charge is 0.418 e. The van der Waals surface area contributed by atoms with Gasteiger partial charge in [0.25, 0.3) is 6.43 Å². The van der Waals surface area contributed by atoms with Gasteiger partial charge in [-0.2, -0.15) is 13.2 Å². The van der Waals surface area contributed by atoms with E-state index in [2.05, 4.69) is 4.98 Å². The molecule has 1 heterocycles. The van der Waals surface area contributed by atoms with E-state index in [-0.39, 0.29) is 9.26 Å². The Morgan fingerprint density at radius 2 is 1.94 bits per heavy atom. The summed E-state index contributed by atoms with van der Waals surface area (Å²) in [6.07, 6.45) is -8.22. The topological polar surface area (TPSA) is 33.1 Å². The van der Waals surface area contributed by atoms with Gasteiger partial charge in [0.1, 0.15) is 5.69 Å². The van der Waals surface area contributed by atoms with Crippen molar-refractivity contribution in [1.82, 2.24) is 4.98 Å². The number of hydrogen-bond donors (Lipinski definition) is 1. The molecule has 0 spiro atoms. The Labute approximate surface area is 101 Å². The monoisotopic (exact) mass is 353 g/mol. The number of halogens is 6. The summed E-state index contributed by atoms with van der Waals surface area (Å²) in [5.41, 5.74) is -3.01. The van der Waals surface area contributed by atoms with E-state index in [4.69, 9.17) is 5.11 Å². The summed E-state index contributed by atoms with van der Waals surface area (Å²) in [5, 5.41) is 8.72. The first-order valence-electron chi connectivity index (χ1n) is 3.93. The molecule has 1 rings (SSSR count). The van der Waals surface area contributed by atoms with Gasteiger partial charge in [-0.25, -0.2) is 13.8 Å². The van der Waals surface area contributed by atoms with Crippen molar-refractivity contribution >= 4 is 22.6 Å². The van der Waals surface area contributed by atoms with Crippen molar-refractivity contribution in [2.45, 2.75) is 19.2 Å². The summed E-state index contributed by atoms with van der Waals surface area (Å²) >= 11 is 1.50. The lowest BCUT2D eigenvalue weighted by Crippen LogP contribution is -2.14. The molecule has 8 heteroatoms. The second kappa shape index (κ2) is 4.78. The van der Waals surface area contributed by atoms with Crippen molar-refractivity contribution in [3.8, 4) is 0 Å². The van der Waals surface area contributed by atoms with Crippen molar-refractivity contribution in [3.05, 3.63) is 26.6 Å². The van der Waals surface area contributed by atoms with Crippen LogP contribution in [0.1, 0.15) is 23.4 Å². The minimum Gasteiger partial charge on any atom is -0.390 e. The SMILES string of the molecule is OCc1nc(C(F)F)c(C(F)(F)F)cc1I. The van der Waals surface area contributed by atoms with Crippen LogP contribution in [0.2, 0.25) is 0 Å². The molecule has 0 aliphatic heterocycles. The van der Waals surface area contributed by atoms with Crippen LogP contribution in [0.5, 0.6) is 0 Å². The van der Waals surface area contributed by atoms with Crippen LogP contribution in [0.4, 0.5) is 22.0 Å². The van der Waals surface area contributed by atoms with Crippen LogP contribution in [0.15, 0.2) is 6.07 Å². The predicted octanol–water partition coefficient (Wildman–Crippen LogP) is 3.13. The summed E-state index contributed by atoms with van der Waals surface area (Å²) in [7, 11) is 0. The van der Waals surface area contributed by atoms with E-state index < -0.39 is 30.5 Å². The lowest BCUT2D eigenvalue weighted by Gasteiger charge is -2.13. The first kappa shape index (κ1) is 13.6. The Balaban J connectivity index is 3.42. The van der Waals surface area contributed by atoms with Crippen molar-refractivity contribution in [1.29, 1.82) is 0 Å². The zero-order valence-corrected chi connectivity index (χ0v) is 9.68. The Bertz CT molecular complexity index is 393. The fourth-order valence-corrected chi connectivity index (χ4v) is 1.65. The van der Waals surface area contributed by atoms with Gasteiger partial charge in [-0.05, 0) is 28.7 Å². The molecule has 0 aromatic carbocycles. The number of rotatable bonds is 2. The zero-order valence-electron chi connectivity index (χ0n) is 7.52. The second-order valence-electron chi connectivity index (χ2n) is 2.81. The summed E-state index contributed by atoms with van der Waals surface area (Å²) in [6.45, 7) is -0.684. The number of aromatic nitrogens is 1. The lowest BCUT2D eigenvalue weighted by atomic mass is 10.1. The van der Waals surface area contributed by atoms with Gasteiger partial charge < -0.3 is 5.11 Å². The smallest absolute Gasteiger partial charge is 0.390 e. The molecule has 0 unspecified atom stereocenters. The van der Waals surface area contributed by atoms with Crippen LogP contribution in [0, 0.1) is 3.57 Å². The molecule has 0 bridgehead atoms. The van der Waals surface area contributed by atoms with Crippen LogP contribution in [-0.2, 0) is 12.8 Å². The molecule has 0 saturated carbocycles. The van der Waals surface area contributed by atoms with Gasteiger partial charge in [-0.15, -0.1) is 0 Å². The molecule has 0 radical (unpaired) electrons. The number of pyridine rings is 1. The van der Waals surface area contributed by atoms with Gasteiger partial charge in [0.15, 0.2) is 0 Å². The van der Waals surface area contributed by atoms with Gasteiger partial charge in [0.2, 0.25) is 0 Å². The Morgan fingerprint density at radius 1 is 1.38 bits per heavy atom. The van der Waals surface area contributed by atoms with Crippen molar-refractivity contribution < 1.29 is 27.1 Å². The third kappa shape index (κ3) is 2.78. The van der Waals surface area contributed by atoms with Crippen molar-refractivity contribution in [3.63, 3.8) is 0 Å². The molecule has 0 saturated heterocycles. The molecule has 1 N–H and O–H groups in total. The highest BCUT2D eigenvalue weighted by molar-refractivity contribution is 14.1. The van der Waals surface area contributed by atoms with Gasteiger partial charge in [0.05, 0.1) is 17.9 Å². The van der Waals surface area contributed by atoms with Gasteiger partial charge in [-0.1, -0.05) is 0 Å². The first-order valence-corrected chi connectivity index (χ1v) is 5.00. The van der Waals surface area contributed by atoms with Crippen LogP contribution >= 0.6 is 22.6 Å². The Kier molecular flexibility index (Phi) is 4.05. The maximum absolute atomic E-state index is 12.4. The average molecular weight is 353 g/mol. The van der Waals surface area contributed by atoms with Gasteiger partial charge in [-0.3, -0.25) is 0 Å². The van der Waals surface area contributed by atoms with Crippen LogP contribution in [0.3, 0.4) is 0 Å². The molecule has 90 valence electrons. The minimum atomic E-state index is -4.88. The van der Waals surface area contributed by atoms with E-state index in [0.717, 1.165) is 0 Å². The van der Waals surface area contributed by atoms with Crippen molar-refractivity contribution in [2.75, 3.05) is 0 Å². The van der Waals surface area contributed by atoms with Crippen LogP contribution < -0.4 is 0 Å². The van der Waals surface area contributed by atoms with E-state index >= 15 is 0 Å². The Hall–Kier alpha value is -0.510. The maximum Gasteiger partial charge on any atom is 0.418 e. The Morgan fingerprint density at radius 3 is 2.31 bits per heavy atom. The van der Waals surface area contributed by atoms with Gasteiger partial charge in [0, 0.05) is 3.57 Å². The highest BCUT2D eigenvalue weighted by Gasteiger charge is 2.37. The fourth-order valence-electron chi connectivity index (χ4n) is 1.05. The third-order valence-electron chi connectivity index (χ3n) is 1.74. The third-order valence-corrected chi connectivity index (χ3v) is 2.67. The normalized spacial score (nSPS) is 12.2. The lowest BCUT2D eigenvalue weighted by molar-refractivity contribution is -0.140. The predicted molar refractivity (Wildman–Crippen MR) is 52.8 cm³/mol. The average Bonchev–Trinajstić information content (AvgIpc) is 2.15. The summed E-state index contributed by atoms with van der Waals surface area (Å²) in [5.74, 6) is 0. The summed E-state index contributed by atoms with van der Waals surface area (Å²) in [6, 6.07) is 0.556. The van der Waals surface area contributed by atoms with Crippen molar-refractivity contribution in [2.24, 2.45) is 0 Å². The molecular formula is C8H5F5INO. The van der Waals surface area contributed by atoms with Gasteiger partial charge >= 0.3 is 6.18 Å². The van der Waals surface area contributed by atoms with E-state index in [1.54, 1.807) is 0 Å².